The maximum Gasteiger partial charge on any atom is 0.267 e. The van der Waals surface area contributed by atoms with E-state index < -0.39 is 6.43 Å². The maximum absolute atomic E-state index is 12.5. The second-order valence-electron chi connectivity index (χ2n) is 2.45. The molecule has 0 aliphatic rings. The van der Waals surface area contributed by atoms with Crippen molar-refractivity contribution in [3.8, 4) is 0 Å². The van der Waals surface area contributed by atoms with Gasteiger partial charge in [0.1, 0.15) is 3.70 Å². The third kappa shape index (κ3) is 2.20. The summed E-state index contributed by atoms with van der Waals surface area (Å²) in [5, 5.41) is 0. The highest BCUT2D eigenvalue weighted by Gasteiger charge is 2.20. The van der Waals surface area contributed by atoms with E-state index in [1.807, 2.05) is 0 Å². The molecule has 0 fully saturated rings. The van der Waals surface area contributed by atoms with Gasteiger partial charge in [-0.1, -0.05) is 0 Å². The quantitative estimate of drug-likeness (QED) is 0.368. The van der Waals surface area contributed by atoms with Crippen LogP contribution in [-0.4, -0.2) is 11.3 Å². The standard InChI is InChI=1S/C8H5ClF2INO/c9-1-4-2-13-8(12)6(7(10)11)5(4)3-14/h2-3,7H,1H2. The smallest absolute Gasteiger partial charge is 0.267 e. The van der Waals surface area contributed by atoms with Crippen molar-refractivity contribution in [2.24, 2.45) is 0 Å². The van der Waals surface area contributed by atoms with Gasteiger partial charge in [-0.25, -0.2) is 13.8 Å². The summed E-state index contributed by atoms with van der Waals surface area (Å²) in [5.41, 5.74) is -0.0504. The van der Waals surface area contributed by atoms with Gasteiger partial charge in [-0.15, -0.1) is 11.6 Å². The summed E-state index contributed by atoms with van der Waals surface area (Å²) in [6, 6.07) is 0. The Bertz CT molecular complexity index is 359. The summed E-state index contributed by atoms with van der Waals surface area (Å²) < 4.78 is 25.2. The third-order valence-corrected chi connectivity index (χ3v) is 2.82. The maximum atomic E-state index is 12.5. The van der Waals surface area contributed by atoms with E-state index in [1.165, 1.54) is 6.20 Å². The second-order valence-corrected chi connectivity index (χ2v) is 3.74. The van der Waals surface area contributed by atoms with Crippen LogP contribution in [0.25, 0.3) is 0 Å². The number of aldehydes is 1. The van der Waals surface area contributed by atoms with Crippen molar-refractivity contribution in [3.05, 3.63) is 26.6 Å². The molecule has 76 valence electrons. The number of aromatic nitrogens is 1. The molecule has 0 unspecified atom stereocenters. The average molecular weight is 331 g/mol. The summed E-state index contributed by atoms with van der Waals surface area (Å²) in [6.07, 6.45) is -0.981. The van der Waals surface area contributed by atoms with E-state index >= 15 is 0 Å². The minimum Gasteiger partial charge on any atom is -0.298 e. The lowest BCUT2D eigenvalue weighted by Crippen LogP contribution is -2.03. The molecule has 0 aromatic carbocycles. The van der Waals surface area contributed by atoms with Crippen molar-refractivity contribution in [2.75, 3.05) is 0 Å². The molecule has 0 spiro atoms. The van der Waals surface area contributed by atoms with Gasteiger partial charge in [-0.05, 0) is 28.2 Å². The van der Waals surface area contributed by atoms with Crippen LogP contribution in [0, 0.1) is 3.70 Å². The highest BCUT2D eigenvalue weighted by molar-refractivity contribution is 14.1. The van der Waals surface area contributed by atoms with Gasteiger partial charge in [0.2, 0.25) is 0 Å². The number of pyridine rings is 1. The minimum absolute atomic E-state index is 0.00227. The molecule has 1 rings (SSSR count). The number of carbonyl (C=O) groups excluding carboxylic acids is 1. The van der Waals surface area contributed by atoms with Gasteiger partial charge < -0.3 is 0 Å². The summed E-state index contributed by atoms with van der Waals surface area (Å²) >= 11 is 7.16. The molecule has 0 saturated heterocycles. The topological polar surface area (TPSA) is 30.0 Å². The fourth-order valence-corrected chi connectivity index (χ4v) is 1.89. The number of rotatable bonds is 3. The Balaban J connectivity index is 3.42. The molecular weight excluding hydrogens is 326 g/mol. The van der Waals surface area contributed by atoms with Gasteiger partial charge in [0.15, 0.2) is 6.29 Å². The number of carbonyl (C=O) groups is 1. The van der Waals surface area contributed by atoms with E-state index in [0.29, 0.717) is 11.8 Å². The molecule has 1 heterocycles. The van der Waals surface area contributed by atoms with Crippen LogP contribution in [0.2, 0.25) is 0 Å². The molecule has 0 aliphatic carbocycles. The Morgan fingerprint density at radius 3 is 2.71 bits per heavy atom. The molecule has 6 heteroatoms. The summed E-state index contributed by atoms with van der Waals surface area (Å²) in [4.78, 5) is 14.4. The molecule has 1 aromatic heterocycles. The zero-order chi connectivity index (χ0) is 10.7. The van der Waals surface area contributed by atoms with E-state index in [-0.39, 0.29) is 20.7 Å². The van der Waals surface area contributed by atoms with E-state index in [0.717, 1.165) is 0 Å². The lowest BCUT2D eigenvalue weighted by atomic mass is 10.1. The molecule has 14 heavy (non-hydrogen) atoms. The lowest BCUT2D eigenvalue weighted by Gasteiger charge is -2.08. The molecule has 0 aliphatic heterocycles. The second kappa shape index (κ2) is 4.97. The SMILES string of the molecule is O=Cc1c(CCl)cnc(I)c1C(F)F. The fraction of sp³-hybridized carbons (Fsp3) is 0.250. The van der Waals surface area contributed by atoms with Crippen LogP contribution in [0.15, 0.2) is 6.20 Å². The monoisotopic (exact) mass is 331 g/mol. The van der Waals surface area contributed by atoms with Crippen molar-refractivity contribution < 1.29 is 13.6 Å². The number of hydrogen-bond donors (Lipinski definition) is 0. The summed E-state index contributed by atoms with van der Waals surface area (Å²) in [6.45, 7) is 0. The third-order valence-electron chi connectivity index (χ3n) is 1.67. The van der Waals surface area contributed by atoms with Crippen molar-refractivity contribution in [2.45, 2.75) is 12.3 Å². The predicted molar refractivity (Wildman–Crippen MR) is 56.9 cm³/mol. The first-order valence-electron chi connectivity index (χ1n) is 3.58. The van der Waals surface area contributed by atoms with Gasteiger partial charge >= 0.3 is 0 Å². The van der Waals surface area contributed by atoms with Gasteiger partial charge in [-0.3, -0.25) is 4.79 Å². The van der Waals surface area contributed by atoms with Crippen molar-refractivity contribution in [1.82, 2.24) is 4.98 Å². The van der Waals surface area contributed by atoms with Crippen LogP contribution in [0.1, 0.15) is 27.9 Å². The van der Waals surface area contributed by atoms with Crippen LogP contribution in [-0.2, 0) is 5.88 Å². The van der Waals surface area contributed by atoms with Crippen LogP contribution in [0.3, 0.4) is 0 Å². The summed E-state index contributed by atoms with van der Waals surface area (Å²) in [5.74, 6) is -0.00227. The molecule has 0 radical (unpaired) electrons. The zero-order valence-electron chi connectivity index (χ0n) is 6.81. The largest absolute Gasteiger partial charge is 0.298 e. The Kier molecular flexibility index (Phi) is 4.18. The molecular formula is C8H5ClF2INO. The first-order valence-corrected chi connectivity index (χ1v) is 5.19. The number of nitrogens with zero attached hydrogens (tertiary/aromatic N) is 1. The number of halogens is 4. The van der Waals surface area contributed by atoms with Crippen molar-refractivity contribution >= 4 is 40.5 Å². The van der Waals surface area contributed by atoms with Crippen LogP contribution in [0.5, 0.6) is 0 Å². The van der Waals surface area contributed by atoms with Gasteiger partial charge in [0, 0.05) is 17.6 Å². The van der Waals surface area contributed by atoms with E-state index in [2.05, 4.69) is 4.98 Å². The molecule has 0 saturated carbocycles. The zero-order valence-corrected chi connectivity index (χ0v) is 9.72. The van der Waals surface area contributed by atoms with Gasteiger partial charge in [0.25, 0.3) is 6.43 Å². The number of alkyl halides is 3. The van der Waals surface area contributed by atoms with E-state index in [1.54, 1.807) is 22.6 Å². The first-order chi connectivity index (χ1) is 6.61. The molecule has 1 aromatic rings. The highest BCUT2D eigenvalue weighted by Crippen LogP contribution is 2.28. The number of hydrogen-bond acceptors (Lipinski definition) is 2. The van der Waals surface area contributed by atoms with E-state index in [9.17, 15) is 13.6 Å². The van der Waals surface area contributed by atoms with Crippen LogP contribution < -0.4 is 0 Å². The summed E-state index contributed by atoms with van der Waals surface area (Å²) in [7, 11) is 0. The lowest BCUT2D eigenvalue weighted by molar-refractivity contribution is 0.110. The Hall–Kier alpha value is -0.300. The van der Waals surface area contributed by atoms with Gasteiger partial charge in [0.05, 0.1) is 5.56 Å². The van der Waals surface area contributed by atoms with Crippen LogP contribution >= 0.6 is 34.2 Å². The van der Waals surface area contributed by atoms with Crippen molar-refractivity contribution in [1.29, 1.82) is 0 Å². The Morgan fingerprint density at radius 2 is 2.29 bits per heavy atom. The Morgan fingerprint density at radius 1 is 1.64 bits per heavy atom. The first kappa shape index (κ1) is 11.8. The van der Waals surface area contributed by atoms with E-state index in [4.69, 9.17) is 11.6 Å². The molecule has 2 nitrogen and oxygen atoms in total. The average Bonchev–Trinajstić information content (AvgIpc) is 2.16. The van der Waals surface area contributed by atoms with Gasteiger partial charge in [-0.2, -0.15) is 0 Å². The molecule has 0 N–H and O–H groups in total. The molecule has 0 atom stereocenters. The highest BCUT2D eigenvalue weighted by atomic mass is 127. The predicted octanol–water partition coefficient (Wildman–Crippen LogP) is 3.18. The van der Waals surface area contributed by atoms with Crippen molar-refractivity contribution in [3.63, 3.8) is 0 Å². The van der Waals surface area contributed by atoms with Crippen LogP contribution in [0.4, 0.5) is 8.78 Å². The normalized spacial score (nSPS) is 10.6. The molecule has 0 bridgehead atoms. The fourth-order valence-electron chi connectivity index (χ4n) is 1.01. The molecule has 0 amide bonds. The minimum atomic E-state index is -2.71. The Labute approximate surface area is 97.8 Å².